The highest BCUT2D eigenvalue weighted by Gasteiger charge is 2.68. The molecule has 2 N–H and O–H groups in total. The smallest absolute Gasteiger partial charge is 0.309 e. The zero-order valence-corrected chi connectivity index (χ0v) is 20.0. The lowest BCUT2D eigenvalue weighted by Crippen LogP contribution is -2.62. The van der Waals surface area contributed by atoms with E-state index in [-0.39, 0.29) is 47.4 Å². The van der Waals surface area contributed by atoms with Crippen LogP contribution in [0, 0.1) is 34.5 Å². The fourth-order valence-electron chi connectivity index (χ4n) is 8.69. The van der Waals surface area contributed by atoms with Crippen molar-refractivity contribution < 1.29 is 29.3 Å². The average molecular weight is 459 g/mol. The molecule has 0 spiro atoms. The molecule has 1 unspecified atom stereocenters. The lowest BCUT2D eigenvalue weighted by atomic mass is 9.45. The molecule has 0 aromatic carbocycles. The summed E-state index contributed by atoms with van der Waals surface area (Å²) in [6.45, 7) is 3.77. The predicted molar refractivity (Wildman–Crippen MR) is 121 cm³/mol. The maximum absolute atomic E-state index is 13.3. The number of carbonyl (C=O) groups excluding carboxylic acids is 3. The van der Waals surface area contributed by atoms with E-state index in [4.69, 9.17) is 4.74 Å². The third-order valence-electron chi connectivity index (χ3n) is 10.5. The Balaban J connectivity index is 1.36. The van der Waals surface area contributed by atoms with E-state index < -0.39 is 22.9 Å². The van der Waals surface area contributed by atoms with Gasteiger partial charge in [-0.1, -0.05) is 32.3 Å². The largest absolute Gasteiger partial charge is 0.457 e. The van der Waals surface area contributed by atoms with Crippen LogP contribution in [0.15, 0.2) is 11.6 Å². The topological polar surface area (TPSA) is 101 Å². The highest BCUT2D eigenvalue weighted by molar-refractivity contribution is 5.92. The molecule has 0 saturated heterocycles. The van der Waals surface area contributed by atoms with Crippen molar-refractivity contribution in [3.63, 3.8) is 0 Å². The van der Waals surface area contributed by atoms with Gasteiger partial charge in [0.1, 0.15) is 5.60 Å². The first kappa shape index (κ1) is 23.2. The van der Waals surface area contributed by atoms with Crippen LogP contribution >= 0.6 is 0 Å². The number of carbonyl (C=O) groups is 3. The molecule has 0 aromatic heterocycles. The summed E-state index contributed by atoms with van der Waals surface area (Å²) < 4.78 is 5.37. The van der Waals surface area contributed by atoms with Crippen molar-refractivity contribution in [1.29, 1.82) is 0 Å². The van der Waals surface area contributed by atoms with E-state index in [1.54, 1.807) is 0 Å². The second kappa shape index (κ2) is 8.01. The quantitative estimate of drug-likeness (QED) is 0.625. The molecule has 0 radical (unpaired) electrons. The second-order valence-electron chi connectivity index (χ2n) is 12.0. The molecule has 4 fully saturated rings. The van der Waals surface area contributed by atoms with E-state index in [0.717, 1.165) is 51.4 Å². The minimum absolute atomic E-state index is 0.0429. The third kappa shape index (κ3) is 3.38. The van der Waals surface area contributed by atoms with E-state index >= 15 is 0 Å². The molecular weight excluding hydrogens is 420 g/mol. The Bertz CT molecular complexity index is 887. The minimum atomic E-state index is -1.58. The Labute approximate surface area is 196 Å². The number of fused-ring (bicyclic) bond motifs is 5. The van der Waals surface area contributed by atoms with Crippen molar-refractivity contribution in [2.75, 3.05) is 6.61 Å². The van der Waals surface area contributed by atoms with Gasteiger partial charge in [-0.3, -0.25) is 14.4 Å². The van der Waals surface area contributed by atoms with Gasteiger partial charge in [-0.05, 0) is 80.6 Å². The van der Waals surface area contributed by atoms with Gasteiger partial charge in [-0.2, -0.15) is 0 Å². The fourth-order valence-corrected chi connectivity index (χ4v) is 8.69. The predicted octanol–water partition coefficient (Wildman–Crippen LogP) is 3.52. The summed E-state index contributed by atoms with van der Waals surface area (Å²) in [5.41, 5.74) is -1.35. The molecule has 5 rings (SSSR count). The van der Waals surface area contributed by atoms with Gasteiger partial charge in [0, 0.05) is 11.8 Å². The Hall–Kier alpha value is -1.53. The van der Waals surface area contributed by atoms with E-state index in [9.17, 15) is 24.6 Å². The zero-order valence-electron chi connectivity index (χ0n) is 20.0. The number of Topliss-reactive ketones (excluding diaryl/α,β-unsaturated/α-hetero) is 1. The van der Waals surface area contributed by atoms with E-state index in [0.29, 0.717) is 19.3 Å². The summed E-state index contributed by atoms with van der Waals surface area (Å²) in [6, 6.07) is 0. The number of hydrogen-bond acceptors (Lipinski definition) is 6. The van der Waals surface area contributed by atoms with Crippen molar-refractivity contribution in [2.45, 2.75) is 96.2 Å². The standard InChI is InChI=1S/C27H38O6/c1-25-11-9-18(28)13-17(25)7-8-19-20-10-12-27(32,26(20,2)14-21(29)23(19)25)22(30)15-33-24(31)16-5-3-4-6-16/h13,16,19-21,23,29,32H,3-12,14-15H2,1-2H3/t19-,20-,21+,23?,25-,26-,27-/m1/s1. The number of aliphatic hydroxyl groups excluding tert-OH is 1. The molecule has 0 aromatic rings. The maximum Gasteiger partial charge on any atom is 0.309 e. The summed E-state index contributed by atoms with van der Waals surface area (Å²) >= 11 is 0. The first-order chi connectivity index (χ1) is 15.6. The fraction of sp³-hybridized carbons (Fsp3) is 0.815. The monoisotopic (exact) mass is 458 g/mol. The molecule has 4 saturated carbocycles. The molecule has 0 aliphatic heterocycles. The van der Waals surface area contributed by atoms with Crippen LogP contribution in [0.5, 0.6) is 0 Å². The second-order valence-corrected chi connectivity index (χ2v) is 12.0. The highest BCUT2D eigenvalue weighted by Crippen LogP contribution is 2.67. The number of aliphatic hydroxyl groups is 2. The maximum atomic E-state index is 13.3. The first-order valence-electron chi connectivity index (χ1n) is 12.9. The van der Waals surface area contributed by atoms with Gasteiger partial charge in [0.25, 0.3) is 0 Å². The summed E-state index contributed by atoms with van der Waals surface area (Å²) in [6.07, 6.45) is 9.26. The third-order valence-corrected chi connectivity index (χ3v) is 10.5. The van der Waals surface area contributed by atoms with Crippen LogP contribution in [-0.4, -0.2) is 46.1 Å². The van der Waals surface area contributed by atoms with Crippen LogP contribution in [0.1, 0.15) is 84.5 Å². The highest BCUT2D eigenvalue weighted by atomic mass is 16.5. The van der Waals surface area contributed by atoms with Gasteiger partial charge in [-0.25, -0.2) is 0 Å². The summed E-state index contributed by atoms with van der Waals surface area (Å²) in [5, 5.41) is 23.2. The lowest BCUT2D eigenvalue weighted by molar-refractivity contribution is -0.185. The van der Waals surface area contributed by atoms with Crippen LogP contribution in [-0.2, 0) is 19.1 Å². The van der Waals surface area contributed by atoms with E-state index in [1.807, 2.05) is 13.0 Å². The molecule has 33 heavy (non-hydrogen) atoms. The zero-order chi connectivity index (χ0) is 23.6. The van der Waals surface area contributed by atoms with Gasteiger partial charge in [-0.15, -0.1) is 0 Å². The van der Waals surface area contributed by atoms with Gasteiger partial charge in [0.15, 0.2) is 12.4 Å². The van der Waals surface area contributed by atoms with E-state index in [1.165, 1.54) is 5.57 Å². The molecule has 182 valence electrons. The van der Waals surface area contributed by atoms with Gasteiger partial charge < -0.3 is 14.9 Å². The van der Waals surface area contributed by atoms with Crippen molar-refractivity contribution in [3.8, 4) is 0 Å². The minimum Gasteiger partial charge on any atom is -0.457 e. The summed E-state index contributed by atoms with van der Waals surface area (Å²) in [7, 11) is 0. The average Bonchev–Trinajstić information content (AvgIpc) is 3.39. The number of esters is 1. The Morgan fingerprint density at radius 3 is 2.55 bits per heavy atom. The van der Waals surface area contributed by atoms with Gasteiger partial charge in [0.05, 0.1) is 12.0 Å². The number of rotatable bonds is 4. The molecule has 0 heterocycles. The van der Waals surface area contributed by atoms with Crippen LogP contribution in [0.2, 0.25) is 0 Å². The van der Waals surface area contributed by atoms with Crippen LogP contribution in [0.4, 0.5) is 0 Å². The van der Waals surface area contributed by atoms with Crippen LogP contribution in [0.3, 0.4) is 0 Å². The van der Waals surface area contributed by atoms with Crippen molar-refractivity contribution in [1.82, 2.24) is 0 Å². The SMILES string of the molecule is C[C@@]12CCC(=O)C=C1CC[C@H]1C2[C@@H](O)C[C@]2(C)[C@@H]1CC[C@@]2(O)C(=O)COC(=O)C1CCCC1. The molecule has 6 nitrogen and oxygen atoms in total. The normalized spacial score (nSPS) is 45.1. The Morgan fingerprint density at radius 2 is 1.82 bits per heavy atom. The molecule has 6 heteroatoms. The molecular formula is C27H38O6. The number of allylic oxidation sites excluding steroid dienone is 1. The number of ether oxygens (including phenoxy) is 1. The van der Waals surface area contributed by atoms with Crippen molar-refractivity contribution in [2.24, 2.45) is 34.5 Å². The van der Waals surface area contributed by atoms with Crippen LogP contribution < -0.4 is 0 Å². The summed E-state index contributed by atoms with van der Waals surface area (Å²) in [4.78, 5) is 37.7. The molecule has 7 atom stereocenters. The Morgan fingerprint density at radius 1 is 1.09 bits per heavy atom. The lowest BCUT2D eigenvalue weighted by Gasteiger charge is -2.60. The van der Waals surface area contributed by atoms with Gasteiger partial charge in [0.2, 0.25) is 5.78 Å². The number of hydrogen-bond donors (Lipinski definition) is 2. The molecule has 0 bridgehead atoms. The molecule has 5 aliphatic carbocycles. The Kier molecular flexibility index (Phi) is 5.64. The van der Waals surface area contributed by atoms with Crippen molar-refractivity contribution in [3.05, 3.63) is 11.6 Å². The van der Waals surface area contributed by atoms with Crippen molar-refractivity contribution >= 4 is 17.5 Å². The van der Waals surface area contributed by atoms with E-state index in [2.05, 4.69) is 6.92 Å². The summed E-state index contributed by atoms with van der Waals surface area (Å²) in [5.74, 6) is -0.303. The van der Waals surface area contributed by atoms with Crippen LogP contribution in [0.25, 0.3) is 0 Å². The molecule has 0 amide bonds. The molecule has 5 aliphatic rings. The first-order valence-corrected chi connectivity index (χ1v) is 12.9. The number of ketones is 2. The van der Waals surface area contributed by atoms with Gasteiger partial charge >= 0.3 is 5.97 Å².